The molecule has 0 spiro atoms. The topological polar surface area (TPSA) is 47.6 Å². The van der Waals surface area contributed by atoms with E-state index in [-0.39, 0.29) is 24.0 Å². The Kier molecular flexibility index (Phi) is 5.01. The molecule has 104 valence electrons. The summed E-state index contributed by atoms with van der Waals surface area (Å²) in [6.07, 6.45) is 5.93. The van der Waals surface area contributed by atoms with Crippen LogP contribution < -0.4 is 5.32 Å². The van der Waals surface area contributed by atoms with Crippen LogP contribution in [0, 0.1) is 11.8 Å². The average molecular weight is 255 g/mol. The molecule has 18 heavy (non-hydrogen) atoms. The SMILES string of the molecule is CCC1CCCCC1OC(=O)C1COCC1NC. The van der Waals surface area contributed by atoms with E-state index >= 15 is 0 Å². The number of carbonyl (C=O) groups excluding carboxylic acids is 1. The van der Waals surface area contributed by atoms with Crippen LogP contribution in [0.5, 0.6) is 0 Å². The van der Waals surface area contributed by atoms with Crippen molar-refractivity contribution in [3.63, 3.8) is 0 Å². The lowest BCUT2D eigenvalue weighted by atomic mass is 9.84. The Morgan fingerprint density at radius 1 is 1.33 bits per heavy atom. The summed E-state index contributed by atoms with van der Waals surface area (Å²) in [6, 6.07) is 0.112. The van der Waals surface area contributed by atoms with Crippen LogP contribution in [-0.2, 0) is 14.3 Å². The van der Waals surface area contributed by atoms with Gasteiger partial charge < -0.3 is 14.8 Å². The molecule has 1 saturated heterocycles. The van der Waals surface area contributed by atoms with E-state index in [1.807, 2.05) is 7.05 Å². The summed E-state index contributed by atoms with van der Waals surface area (Å²) < 4.78 is 11.1. The van der Waals surface area contributed by atoms with Crippen LogP contribution in [-0.4, -0.2) is 38.4 Å². The van der Waals surface area contributed by atoms with Gasteiger partial charge in [0.15, 0.2) is 0 Å². The van der Waals surface area contributed by atoms with Gasteiger partial charge in [-0.05, 0) is 38.6 Å². The van der Waals surface area contributed by atoms with E-state index in [1.165, 1.54) is 19.3 Å². The lowest BCUT2D eigenvalue weighted by molar-refractivity contribution is -0.159. The van der Waals surface area contributed by atoms with Crippen LogP contribution in [0.3, 0.4) is 0 Å². The summed E-state index contributed by atoms with van der Waals surface area (Å²) in [5.41, 5.74) is 0. The Balaban J connectivity index is 1.89. The molecular formula is C14H25NO3. The molecule has 1 aliphatic heterocycles. The molecule has 2 rings (SSSR count). The number of esters is 1. The van der Waals surface area contributed by atoms with E-state index < -0.39 is 0 Å². The van der Waals surface area contributed by atoms with Crippen LogP contribution in [0.15, 0.2) is 0 Å². The van der Waals surface area contributed by atoms with Crippen LogP contribution in [0.25, 0.3) is 0 Å². The molecule has 2 fully saturated rings. The van der Waals surface area contributed by atoms with Crippen LogP contribution in [0.4, 0.5) is 0 Å². The van der Waals surface area contributed by atoms with Crippen LogP contribution in [0.1, 0.15) is 39.0 Å². The van der Waals surface area contributed by atoms with Gasteiger partial charge in [0.05, 0.1) is 19.1 Å². The first kappa shape index (κ1) is 13.8. The molecular weight excluding hydrogens is 230 g/mol. The van der Waals surface area contributed by atoms with Gasteiger partial charge in [0.25, 0.3) is 0 Å². The molecule has 0 amide bonds. The normalized spacial score (nSPS) is 36.6. The second-order valence-electron chi connectivity index (χ2n) is 5.47. The molecule has 1 heterocycles. The number of hydrogen-bond acceptors (Lipinski definition) is 4. The number of likely N-dealkylation sites (N-methyl/N-ethyl adjacent to an activating group) is 1. The molecule has 2 aliphatic rings. The molecule has 0 radical (unpaired) electrons. The third-order valence-corrected chi connectivity index (χ3v) is 4.39. The third kappa shape index (κ3) is 3.04. The van der Waals surface area contributed by atoms with E-state index in [2.05, 4.69) is 12.2 Å². The quantitative estimate of drug-likeness (QED) is 0.777. The Morgan fingerprint density at radius 2 is 2.11 bits per heavy atom. The van der Waals surface area contributed by atoms with Crippen molar-refractivity contribution in [2.45, 2.75) is 51.2 Å². The van der Waals surface area contributed by atoms with Crippen molar-refractivity contribution in [2.24, 2.45) is 11.8 Å². The highest BCUT2D eigenvalue weighted by Crippen LogP contribution is 2.30. The van der Waals surface area contributed by atoms with Gasteiger partial charge in [0, 0.05) is 6.04 Å². The lowest BCUT2D eigenvalue weighted by Gasteiger charge is -2.31. The molecule has 0 bridgehead atoms. The van der Waals surface area contributed by atoms with Gasteiger partial charge in [-0.25, -0.2) is 0 Å². The van der Waals surface area contributed by atoms with Gasteiger partial charge in [0.2, 0.25) is 0 Å². The molecule has 4 atom stereocenters. The first-order valence-electron chi connectivity index (χ1n) is 7.21. The van der Waals surface area contributed by atoms with Crippen molar-refractivity contribution >= 4 is 5.97 Å². The molecule has 0 aromatic rings. The van der Waals surface area contributed by atoms with Gasteiger partial charge >= 0.3 is 5.97 Å². The summed E-state index contributed by atoms with van der Waals surface area (Å²) >= 11 is 0. The molecule has 4 nitrogen and oxygen atoms in total. The highest BCUT2D eigenvalue weighted by atomic mass is 16.6. The molecule has 1 N–H and O–H groups in total. The smallest absolute Gasteiger partial charge is 0.313 e. The highest BCUT2D eigenvalue weighted by molar-refractivity contribution is 5.74. The fourth-order valence-corrected chi connectivity index (χ4v) is 3.10. The van der Waals surface area contributed by atoms with Crippen LogP contribution in [0.2, 0.25) is 0 Å². The summed E-state index contributed by atoms with van der Waals surface area (Å²) in [7, 11) is 1.87. The first-order chi connectivity index (χ1) is 8.76. The first-order valence-corrected chi connectivity index (χ1v) is 7.21. The Labute approximate surface area is 109 Å². The van der Waals surface area contributed by atoms with Gasteiger partial charge in [0.1, 0.15) is 6.10 Å². The van der Waals surface area contributed by atoms with E-state index in [0.717, 1.165) is 12.8 Å². The monoisotopic (exact) mass is 255 g/mol. The lowest BCUT2D eigenvalue weighted by Crippen LogP contribution is -2.40. The predicted molar refractivity (Wildman–Crippen MR) is 69.3 cm³/mol. The number of hydrogen-bond donors (Lipinski definition) is 1. The van der Waals surface area contributed by atoms with Crippen molar-refractivity contribution in [1.82, 2.24) is 5.32 Å². The third-order valence-electron chi connectivity index (χ3n) is 4.39. The summed E-state index contributed by atoms with van der Waals surface area (Å²) in [5, 5.41) is 3.13. The van der Waals surface area contributed by atoms with E-state index in [1.54, 1.807) is 0 Å². The summed E-state index contributed by atoms with van der Waals surface area (Å²) in [6.45, 7) is 3.29. The van der Waals surface area contributed by atoms with Gasteiger partial charge in [-0.2, -0.15) is 0 Å². The second kappa shape index (κ2) is 6.53. The van der Waals surface area contributed by atoms with E-state index in [4.69, 9.17) is 9.47 Å². The predicted octanol–water partition coefficient (Wildman–Crippen LogP) is 1.73. The Hall–Kier alpha value is -0.610. The van der Waals surface area contributed by atoms with Crippen molar-refractivity contribution in [1.29, 1.82) is 0 Å². The number of carbonyl (C=O) groups is 1. The zero-order valence-corrected chi connectivity index (χ0v) is 11.5. The maximum absolute atomic E-state index is 12.2. The zero-order valence-electron chi connectivity index (χ0n) is 11.5. The minimum atomic E-state index is -0.130. The van der Waals surface area contributed by atoms with Gasteiger partial charge in [-0.3, -0.25) is 4.79 Å². The highest BCUT2D eigenvalue weighted by Gasteiger charge is 2.37. The van der Waals surface area contributed by atoms with Crippen molar-refractivity contribution in [3.8, 4) is 0 Å². The molecule has 4 heteroatoms. The van der Waals surface area contributed by atoms with Crippen molar-refractivity contribution < 1.29 is 14.3 Å². The largest absolute Gasteiger partial charge is 0.462 e. The summed E-state index contributed by atoms with van der Waals surface area (Å²) in [4.78, 5) is 12.2. The van der Waals surface area contributed by atoms with Crippen LogP contribution >= 0.6 is 0 Å². The molecule has 4 unspecified atom stereocenters. The number of rotatable bonds is 4. The molecule has 1 aliphatic carbocycles. The van der Waals surface area contributed by atoms with E-state index in [0.29, 0.717) is 19.1 Å². The van der Waals surface area contributed by atoms with E-state index in [9.17, 15) is 4.79 Å². The Bertz CT molecular complexity index is 282. The number of ether oxygens (including phenoxy) is 2. The fourth-order valence-electron chi connectivity index (χ4n) is 3.10. The van der Waals surface area contributed by atoms with Gasteiger partial charge in [-0.15, -0.1) is 0 Å². The standard InChI is InChI=1S/C14H25NO3/c1-3-10-6-4-5-7-13(10)18-14(16)11-8-17-9-12(11)15-2/h10-13,15H,3-9H2,1-2H3. The second-order valence-corrected chi connectivity index (χ2v) is 5.47. The molecule has 0 aromatic heterocycles. The molecule has 1 saturated carbocycles. The molecule has 0 aromatic carbocycles. The average Bonchev–Trinajstić information content (AvgIpc) is 2.87. The fraction of sp³-hybridized carbons (Fsp3) is 0.929. The van der Waals surface area contributed by atoms with Crippen molar-refractivity contribution in [3.05, 3.63) is 0 Å². The minimum absolute atomic E-state index is 0.0720. The minimum Gasteiger partial charge on any atom is -0.462 e. The summed E-state index contributed by atoms with van der Waals surface area (Å²) in [5.74, 6) is 0.352. The Morgan fingerprint density at radius 3 is 2.83 bits per heavy atom. The zero-order chi connectivity index (χ0) is 13.0. The maximum Gasteiger partial charge on any atom is 0.313 e. The number of nitrogens with one attached hydrogen (secondary N) is 1. The maximum atomic E-state index is 12.2. The van der Waals surface area contributed by atoms with Gasteiger partial charge in [-0.1, -0.05) is 13.3 Å². The van der Waals surface area contributed by atoms with Crippen molar-refractivity contribution in [2.75, 3.05) is 20.3 Å².